The predicted octanol–water partition coefficient (Wildman–Crippen LogP) is 4.90. The number of hydrogen-bond acceptors (Lipinski definition) is 2. The van der Waals surface area contributed by atoms with Crippen LogP contribution in [0.3, 0.4) is 0 Å². The summed E-state index contributed by atoms with van der Waals surface area (Å²) >= 11 is 0. The van der Waals surface area contributed by atoms with E-state index in [0.717, 1.165) is 6.42 Å². The van der Waals surface area contributed by atoms with Crippen molar-refractivity contribution < 1.29 is 4.74 Å². The Bertz CT molecular complexity index is 650. The summed E-state index contributed by atoms with van der Waals surface area (Å²) in [5.74, 6) is 0. The number of ether oxygens (including phenoxy) is 1. The minimum absolute atomic E-state index is 0.0189. The molecular formula is C21H25NO. The second kappa shape index (κ2) is 7.12. The van der Waals surface area contributed by atoms with Gasteiger partial charge in [-0.3, -0.25) is 4.90 Å². The van der Waals surface area contributed by atoms with Crippen LogP contribution in [0.4, 0.5) is 0 Å². The van der Waals surface area contributed by atoms with E-state index in [-0.39, 0.29) is 12.3 Å². The maximum Gasteiger partial charge on any atom is 0.131 e. The zero-order valence-corrected chi connectivity index (χ0v) is 14.1. The second-order valence-electron chi connectivity index (χ2n) is 6.18. The molecule has 3 atom stereocenters. The Morgan fingerprint density at radius 3 is 2.26 bits per heavy atom. The molecule has 0 N–H and O–H groups in total. The molecule has 1 heterocycles. The molecule has 23 heavy (non-hydrogen) atoms. The maximum absolute atomic E-state index is 6.38. The van der Waals surface area contributed by atoms with Crippen LogP contribution >= 0.6 is 0 Å². The number of hydrogen-bond donors (Lipinski definition) is 0. The number of benzene rings is 2. The predicted molar refractivity (Wildman–Crippen MR) is 96.0 cm³/mol. The summed E-state index contributed by atoms with van der Waals surface area (Å²) in [6.45, 7) is 4.44. The van der Waals surface area contributed by atoms with E-state index in [9.17, 15) is 0 Å². The first-order chi connectivity index (χ1) is 11.2. The Morgan fingerprint density at radius 2 is 1.65 bits per heavy atom. The third-order valence-corrected chi connectivity index (χ3v) is 4.77. The first-order valence-corrected chi connectivity index (χ1v) is 8.39. The van der Waals surface area contributed by atoms with E-state index in [1.807, 2.05) is 0 Å². The number of allylic oxidation sites excluding steroid dienone is 1. The van der Waals surface area contributed by atoms with Gasteiger partial charge in [-0.1, -0.05) is 67.6 Å². The topological polar surface area (TPSA) is 12.5 Å². The molecule has 1 aliphatic rings. The number of rotatable bonds is 4. The van der Waals surface area contributed by atoms with Crippen molar-refractivity contribution in [2.24, 2.45) is 0 Å². The Morgan fingerprint density at radius 1 is 1.04 bits per heavy atom. The van der Waals surface area contributed by atoms with Crippen LogP contribution < -0.4 is 0 Å². The van der Waals surface area contributed by atoms with E-state index in [2.05, 4.69) is 92.5 Å². The van der Waals surface area contributed by atoms with E-state index in [1.54, 1.807) is 0 Å². The summed E-state index contributed by atoms with van der Waals surface area (Å²) in [7, 11) is 2.15. The summed E-state index contributed by atoms with van der Waals surface area (Å²) in [4.78, 5) is 2.32. The molecule has 0 saturated carbocycles. The zero-order chi connectivity index (χ0) is 16.2. The van der Waals surface area contributed by atoms with Crippen LogP contribution in [0.25, 0.3) is 5.57 Å². The highest BCUT2D eigenvalue weighted by atomic mass is 16.5. The minimum Gasteiger partial charge on any atom is -0.350 e. The molecule has 2 aromatic carbocycles. The fourth-order valence-corrected chi connectivity index (χ4v) is 3.20. The molecule has 0 amide bonds. The number of likely N-dealkylation sites (N-methyl/N-ethyl adjacent to an activating group) is 1. The molecule has 0 spiro atoms. The van der Waals surface area contributed by atoms with Crippen LogP contribution in [0.15, 0.2) is 66.7 Å². The normalized spacial score (nSPS) is 25.7. The van der Waals surface area contributed by atoms with Gasteiger partial charge in [0.1, 0.15) is 12.3 Å². The lowest BCUT2D eigenvalue weighted by Gasteiger charge is -2.20. The SMILES string of the molecule is CC/C(=C\[C@@H]1O[C@H](c2ccccc2)[C@H](C)N1C)c1ccccc1. The third-order valence-electron chi connectivity index (χ3n) is 4.77. The van der Waals surface area contributed by atoms with Crippen LogP contribution in [0, 0.1) is 0 Å². The molecular weight excluding hydrogens is 282 g/mol. The van der Waals surface area contributed by atoms with Gasteiger partial charge in [0.15, 0.2) is 0 Å². The standard InChI is InChI=1S/C21H25NO/c1-4-17(18-11-7-5-8-12-18)15-20-22(3)16(2)21(23-20)19-13-9-6-10-14-19/h5-16,20-21H,4H2,1-3H3/b17-15+/t16-,20-,21-/m0/s1. The van der Waals surface area contributed by atoms with Crippen LogP contribution in [-0.2, 0) is 4.74 Å². The van der Waals surface area contributed by atoms with Crippen molar-refractivity contribution >= 4 is 5.57 Å². The van der Waals surface area contributed by atoms with Crippen molar-refractivity contribution in [3.63, 3.8) is 0 Å². The van der Waals surface area contributed by atoms with Crippen molar-refractivity contribution in [1.82, 2.24) is 4.90 Å². The van der Waals surface area contributed by atoms with Gasteiger partial charge < -0.3 is 4.74 Å². The Hall–Kier alpha value is -1.90. The Kier molecular flexibility index (Phi) is 4.94. The molecule has 2 nitrogen and oxygen atoms in total. The average Bonchev–Trinajstić information content (AvgIpc) is 2.89. The van der Waals surface area contributed by atoms with Gasteiger partial charge in [-0.05, 0) is 43.2 Å². The molecule has 0 aliphatic carbocycles. The lowest BCUT2D eigenvalue weighted by molar-refractivity contribution is 0.0409. The quantitative estimate of drug-likeness (QED) is 0.796. The highest BCUT2D eigenvalue weighted by Gasteiger charge is 2.36. The van der Waals surface area contributed by atoms with E-state index in [0.29, 0.717) is 6.04 Å². The third kappa shape index (κ3) is 3.39. The Balaban J connectivity index is 1.84. The van der Waals surface area contributed by atoms with E-state index in [1.165, 1.54) is 16.7 Å². The van der Waals surface area contributed by atoms with Crippen LogP contribution in [0.2, 0.25) is 0 Å². The zero-order valence-electron chi connectivity index (χ0n) is 14.1. The molecule has 120 valence electrons. The van der Waals surface area contributed by atoms with Gasteiger partial charge in [-0.25, -0.2) is 0 Å². The van der Waals surface area contributed by atoms with Gasteiger partial charge in [0.2, 0.25) is 0 Å². The molecule has 0 bridgehead atoms. The van der Waals surface area contributed by atoms with Gasteiger partial charge in [0, 0.05) is 6.04 Å². The molecule has 1 fully saturated rings. The van der Waals surface area contributed by atoms with Crippen molar-refractivity contribution in [3.8, 4) is 0 Å². The van der Waals surface area contributed by atoms with E-state index in [4.69, 9.17) is 4.74 Å². The second-order valence-corrected chi connectivity index (χ2v) is 6.18. The first kappa shape index (κ1) is 16.0. The molecule has 2 aromatic rings. The van der Waals surface area contributed by atoms with Crippen molar-refractivity contribution in [3.05, 3.63) is 77.9 Å². The lowest BCUT2D eigenvalue weighted by Crippen LogP contribution is -2.30. The fourth-order valence-electron chi connectivity index (χ4n) is 3.20. The number of nitrogens with zero attached hydrogens (tertiary/aromatic N) is 1. The van der Waals surface area contributed by atoms with Crippen molar-refractivity contribution in [1.29, 1.82) is 0 Å². The summed E-state index contributed by atoms with van der Waals surface area (Å²) in [5.41, 5.74) is 3.87. The van der Waals surface area contributed by atoms with Gasteiger partial charge in [-0.2, -0.15) is 0 Å². The molecule has 3 rings (SSSR count). The lowest BCUT2D eigenvalue weighted by atomic mass is 10.0. The molecule has 0 aromatic heterocycles. The van der Waals surface area contributed by atoms with Gasteiger partial charge in [-0.15, -0.1) is 0 Å². The Labute approximate surface area is 139 Å². The van der Waals surface area contributed by atoms with Gasteiger partial charge >= 0.3 is 0 Å². The summed E-state index contributed by atoms with van der Waals surface area (Å²) < 4.78 is 6.38. The van der Waals surface area contributed by atoms with E-state index >= 15 is 0 Å². The molecule has 0 radical (unpaired) electrons. The van der Waals surface area contributed by atoms with Crippen molar-refractivity contribution in [2.75, 3.05) is 7.05 Å². The highest BCUT2D eigenvalue weighted by molar-refractivity contribution is 5.65. The molecule has 0 unspecified atom stereocenters. The summed E-state index contributed by atoms with van der Waals surface area (Å²) in [5, 5.41) is 0. The monoisotopic (exact) mass is 307 g/mol. The molecule has 2 heteroatoms. The smallest absolute Gasteiger partial charge is 0.131 e. The largest absolute Gasteiger partial charge is 0.350 e. The van der Waals surface area contributed by atoms with Crippen molar-refractivity contribution in [2.45, 2.75) is 38.6 Å². The van der Waals surface area contributed by atoms with Crippen LogP contribution in [0.1, 0.15) is 37.5 Å². The highest BCUT2D eigenvalue weighted by Crippen LogP contribution is 2.35. The maximum atomic E-state index is 6.38. The van der Waals surface area contributed by atoms with E-state index < -0.39 is 0 Å². The average molecular weight is 307 g/mol. The molecule has 1 saturated heterocycles. The molecule has 1 aliphatic heterocycles. The minimum atomic E-state index is 0.0189. The summed E-state index contributed by atoms with van der Waals surface area (Å²) in [6, 6.07) is 21.4. The summed E-state index contributed by atoms with van der Waals surface area (Å²) in [6.07, 6.45) is 3.42. The van der Waals surface area contributed by atoms with Crippen LogP contribution in [-0.4, -0.2) is 24.2 Å². The van der Waals surface area contributed by atoms with Gasteiger partial charge in [0.25, 0.3) is 0 Å². The fraction of sp³-hybridized carbons (Fsp3) is 0.333. The first-order valence-electron chi connectivity index (χ1n) is 8.39. The van der Waals surface area contributed by atoms with Crippen LogP contribution in [0.5, 0.6) is 0 Å². The van der Waals surface area contributed by atoms with Gasteiger partial charge in [0.05, 0.1) is 0 Å².